The SMILES string of the molecule is CC(N)c1cccc(Oc2ccccc2Br)c1. The summed E-state index contributed by atoms with van der Waals surface area (Å²) in [5.74, 6) is 1.60. The molecule has 2 aromatic carbocycles. The second-order valence-corrected chi connectivity index (χ2v) is 4.75. The summed E-state index contributed by atoms with van der Waals surface area (Å²) in [5, 5.41) is 0. The second-order valence-electron chi connectivity index (χ2n) is 3.89. The van der Waals surface area contributed by atoms with E-state index in [1.165, 1.54) is 0 Å². The number of ether oxygens (including phenoxy) is 1. The summed E-state index contributed by atoms with van der Waals surface area (Å²) in [6.07, 6.45) is 0. The van der Waals surface area contributed by atoms with E-state index in [4.69, 9.17) is 10.5 Å². The third kappa shape index (κ3) is 3.08. The Balaban J connectivity index is 2.25. The first kappa shape index (κ1) is 12.1. The number of benzene rings is 2. The number of hydrogen-bond acceptors (Lipinski definition) is 2. The second kappa shape index (κ2) is 5.34. The van der Waals surface area contributed by atoms with Gasteiger partial charge < -0.3 is 10.5 Å². The molecule has 3 heteroatoms. The van der Waals surface area contributed by atoms with Gasteiger partial charge in [-0.3, -0.25) is 0 Å². The highest BCUT2D eigenvalue weighted by atomic mass is 79.9. The molecule has 0 aliphatic heterocycles. The Morgan fingerprint density at radius 2 is 1.88 bits per heavy atom. The molecule has 2 N–H and O–H groups in total. The van der Waals surface area contributed by atoms with Crippen LogP contribution in [0.2, 0.25) is 0 Å². The highest BCUT2D eigenvalue weighted by Crippen LogP contribution is 2.30. The number of hydrogen-bond donors (Lipinski definition) is 1. The molecule has 0 spiro atoms. The fraction of sp³-hybridized carbons (Fsp3) is 0.143. The minimum Gasteiger partial charge on any atom is -0.456 e. The molecule has 2 aromatic rings. The smallest absolute Gasteiger partial charge is 0.141 e. The van der Waals surface area contributed by atoms with Gasteiger partial charge in [-0.05, 0) is 52.7 Å². The summed E-state index contributed by atoms with van der Waals surface area (Å²) in [6, 6.07) is 15.6. The minimum atomic E-state index is 0.0118. The number of nitrogens with two attached hydrogens (primary N) is 1. The minimum absolute atomic E-state index is 0.0118. The molecule has 0 aromatic heterocycles. The van der Waals surface area contributed by atoms with E-state index in [1.807, 2.05) is 55.5 Å². The predicted octanol–water partition coefficient (Wildman–Crippen LogP) is 4.26. The Kier molecular flexibility index (Phi) is 3.82. The van der Waals surface area contributed by atoms with E-state index >= 15 is 0 Å². The van der Waals surface area contributed by atoms with Crippen LogP contribution in [0.4, 0.5) is 0 Å². The lowest BCUT2D eigenvalue weighted by atomic mass is 10.1. The van der Waals surface area contributed by atoms with Gasteiger partial charge in [0, 0.05) is 6.04 Å². The molecule has 0 fully saturated rings. The van der Waals surface area contributed by atoms with Gasteiger partial charge in [-0.2, -0.15) is 0 Å². The molecule has 88 valence electrons. The molecule has 0 amide bonds. The number of rotatable bonds is 3. The third-order valence-electron chi connectivity index (χ3n) is 2.45. The molecule has 0 saturated heterocycles. The summed E-state index contributed by atoms with van der Waals surface area (Å²) >= 11 is 3.45. The quantitative estimate of drug-likeness (QED) is 0.917. The van der Waals surface area contributed by atoms with Crippen LogP contribution in [-0.2, 0) is 0 Å². The summed E-state index contributed by atoms with van der Waals surface area (Å²) in [4.78, 5) is 0. The van der Waals surface area contributed by atoms with Gasteiger partial charge in [0.1, 0.15) is 11.5 Å². The molecular weight excluding hydrogens is 278 g/mol. The van der Waals surface area contributed by atoms with Gasteiger partial charge in [-0.25, -0.2) is 0 Å². The lowest BCUT2D eigenvalue weighted by molar-refractivity contribution is 0.478. The van der Waals surface area contributed by atoms with Gasteiger partial charge in [0.2, 0.25) is 0 Å². The molecule has 1 unspecified atom stereocenters. The van der Waals surface area contributed by atoms with Crippen molar-refractivity contribution in [1.29, 1.82) is 0 Å². The summed E-state index contributed by atoms with van der Waals surface area (Å²) in [7, 11) is 0. The molecule has 0 radical (unpaired) electrons. The van der Waals surface area contributed by atoms with Crippen molar-refractivity contribution in [3.05, 3.63) is 58.6 Å². The van der Waals surface area contributed by atoms with Crippen LogP contribution < -0.4 is 10.5 Å². The van der Waals surface area contributed by atoms with Crippen LogP contribution in [0.25, 0.3) is 0 Å². The van der Waals surface area contributed by atoms with E-state index in [2.05, 4.69) is 15.9 Å². The first-order chi connectivity index (χ1) is 8.16. The molecule has 0 bridgehead atoms. The van der Waals surface area contributed by atoms with Gasteiger partial charge in [-0.15, -0.1) is 0 Å². The highest BCUT2D eigenvalue weighted by Gasteiger charge is 2.04. The van der Waals surface area contributed by atoms with Crippen molar-refractivity contribution in [1.82, 2.24) is 0 Å². The van der Waals surface area contributed by atoms with Crippen LogP contribution in [0.3, 0.4) is 0 Å². The van der Waals surface area contributed by atoms with Crippen LogP contribution in [0, 0.1) is 0 Å². The van der Waals surface area contributed by atoms with E-state index in [1.54, 1.807) is 0 Å². The zero-order valence-corrected chi connectivity index (χ0v) is 11.1. The molecule has 2 nitrogen and oxygen atoms in total. The van der Waals surface area contributed by atoms with Crippen molar-refractivity contribution in [3.8, 4) is 11.5 Å². The standard InChI is InChI=1S/C14H14BrNO/c1-10(16)11-5-4-6-12(9-11)17-14-8-3-2-7-13(14)15/h2-10H,16H2,1H3. The summed E-state index contributed by atoms with van der Waals surface area (Å²) in [5.41, 5.74) is 6.91. The van der Waals surface area contributed by atoms with Gasteiger partial charge >= 0.3 is 0 Å². The van der Waals surface area contributed by atoms with Crippen LogP contribution in [-0.4, -0.2) is 0 Å². The van der Waals surface area contributed by atoms with Crippen LogP contribution in [0.1, 0.15) is 18.5 Å². The Bertz CT molecular complexity index is 511. The monoisotopic (exact) mass is 291 g/mol. The number of halogens is 1. The van der Waals surface area contributed by atoms with Crippen LogP contribution in [0.15, 0.2) is 53.0 Å². The van der Waals surface area contributed by atoms with E-state index in [9.17, 15) is 0 Å². The van der Waals surface area contributed by atoms with E-state index in [0.717, 1.165) is 21.5 Å². The molecule has 0 heterocycles. The first-order valence-electron chi connectivity index (χ1n) is 5.45. The zero-order chi connectivity index (χ0) is 12.3. The topological polar surface area (TPSA) is 35.2 Å². The van der Waals surface area contributed by atoms with Crippen molar-refractivity contribution >= 4 is 15.9 Å². The van der Waals surface area contributed by atoms with E-state index < -0.39 is 0 Å². The fourth-order valence-corrected chi connectivity index (χ4v) is 1.88. The van der Waals surface area contributed by atoms with Crippen molar-refractivity contribution in [2.75, 3.05) is 0 Å². The van der Waals surface area contributed by atoms with Crippen molar-refractivity contribution < 1.29 is 4.74 Å². The van der Waals surface area contributed by atoms with Crippen LogP contribution >= 0.6 is 15.9 Å². The molecule has 1 atom stereocenters. The zero-order valence-electron chi connectivity index (χ0n) is 9.56. The lowest BCUT2D eigenvalue weighted by Gasteiger charge is -2.10. The highest BCUT2D eigenvalue weighted by molar-refractivity contribution is 9.10. The molecule has 17 heavy (non-hydrogen) atoms. The maximum absolute atomic E-state index is 5.84. The average Bonchev–Trinajstić information content (AvgIpc) is 2.32. The third-order valence-corrected chi connectivity index (χ3v) is 3.10. The van der Waals surface area contributed by atoms with E-state index in [-0.39, 0.29) is 6.04 Å². The van der Waals surface area contributed by atoms with Crippen molar-refractivity contribution in [2.45, 2.75) is 13.0 Å². The predicted molar refractivity (Wildman–Crippen MR) is 73.3 cm³/mol. The Labute approximate surface area is 110 Å². The van der Waals surface area contributed by atoms with Gasteiger partial charge in [0.25, 0.3) is 0 Å². The van der Waals surface area contributed by atoms with Gasteiger partial charge in [0.15, 0.2) is 0 Å². The van der Waals surface area contributed by atoms with Gasteiger partial charge in [-0.1, -0.05) is 24.3 Å². The van der Waals surface area contributed by atoms with E-state index in [0.29, 0.717) is 0 Å². The maximum atomic E-state index is 5.84. The Morgan fingerprint density at radius 3 is 2.59 bits per heavy atom. The molecule has 0 aliphatic carbocycles. The molecular formula is C14H14BrNO. The maximum Gasteiger partial charge on any atom is 0.141 e. The van der Waals surface area contributed by atoms with Crippen LogP contribution in [0.5, 0.6) is 11.5 Å². The Hall–Kier alpha value is -1.32. The number of para-hydroxylation sites is 1. The molecule has 2 rings (SSSR count). The Morgan fingerprint density at radius 1 is 1.12 bits per heavy atom. The summed E-state index contributed by atoms with van der Waals surface area (Å²) in [6.45, 7) is 1.96. The summed E-state index contributed by atoms with van der Waals surface area (Å²) < 4.78 is 6.73. The first-order valence-corrected chi connectivity index (χ1v) is 6.24. The van der Waals surface area contributed by atoms with Crippen molar-refractivity contribution in [3.63, 3.8) is 0 Å². The fourth-order valence-electron chi connectivity index (χ4n) is 1.52. The molecule has 0 saturated carbocycles. The normalized spacial score (nSPS) is 12.2. The van der Waals surface area contributed by atoms with Crippen molar-refractivity contribution in [2.24, 2.45) is 5.73 Å². The molecule has 0 aliphatic rings. The average molecular weight is 292 g/mol. The van der Waals surface area contributed by atoms with Gasteiger partial charge in [0.05, 0.1) is 4.47 Å². The largest absolute Gasteiger partial charge is 0.456 e. The lowest BCUT2D eigenvalue weighted by Crippen LogP contribution is -2.04.